The van der Waals surface area contributed by atoms with Gasteiger partial charge in [0, 0.05) is 65.9 Å². The van der Waals surface area contributed by atoms with Gasteiger partial charge in [0.25, 0.3) is 0 Å². The summed E-state index contributed by atoms with van der Waals surface area (Å²) < 4.78 is 1.40. The van der Waals surface area contributed by atoms with Crippen molar-refractivity contribution < 1.29 is 24.3 Å². The molecule has 0 unspecified atom stereocenters. The molecule has 3 fully saturated rings. The molecule has 4 heterocycles. The second-order valence-corrected chi connectivity index (χ2v) is 14.6. The summed E-state index contributed by atoms with van der Waals surface area (Å²) in [5.74, 6) is -0.936. The van der Waals surface area contributed by atoms with Crippen LogP contribution in [0.1, 0.15) is 49.7 Å². The summed E-state index contributed by atoms with van der Waals surface area (Å²) in [4.78, 5) is 59.8. The van der Waals surface area contributed by atoms with E-state index in [0.717, 1.165) is 29.8 Å². The monoisotopic (exact) mass is 773 g/mol. The predicted octanol–water partition coefficient (Wildman–Crippen LogP) is 4.47. The summed E-state index contributed by atoms with van der Waals surface area (Å²) in [5, 5.41) is 15.7. The molecule has 2 atom stereocenters. The Kier molecular flexibility index (Phi) is 10.3. The van der Waals surface area contributed by atoms with Crippen molar-refractivity contribution in [3.8, 4) is 0 Å². The van der Waals surface area contributed by atoms with Crippen LogP contribution < -0.4 is 16.4 Å². The van der Waals surface area contributed by atoms with Crippen LogP contribution in [0.5, 0.6) is 0 Å². The van der Waals surface area contributed by atoms with Gasteiger partial charge in [-0.25, -0.2) is 9.59 Å². The van der Waals surface area contributed by atoms with E-state index in [-0.39, 0.29) is 36.5 Å². The van der Waals surface area contributed by atoms with Gasteiger partial charge in [0.2, 0.25) is 5.91 Å². The Morgan fingerprint density at radius 2 is 1.57 bits per heavy atom. The van der Waals surface area contributed by atoms with Gasteiger partial charge in [-0.05, 0) is 106 Å². The lowest BCUT2D eigenvalue weighted by Crippen LogP contribution is -2.58. The topological polar surface area (TPSA) is 152 Å². The number of likely N-dealkylation sites (tertiary alicyclic amines) is 3. The summed E-state index contributed by atoms with van der Waals surface area (Å²) >= 11 is 6.99. The molecule has 6 rings (SSSR count). The van der Waals surface area contributed by atoms with Gasteiger partial charge in [-0.2, -0.15) is 0 Å². The minimum absolute atomic E-state index is 0.00643. The number of urea groups is 2. The first-order valence-electron chi connectivity index (χ1n) is 16.3. The van der Waals surface area contributed by atoms with Gasteiger partial charge < -0.3 is 36.2 Å². The number of nitrogens with two attached hydrogens (primary N) is 1. The van der Waals surface area contributed by atoms with Crippen molar-refractivity contribution in [1.29, 1.82) is 0 Å². The second kappa shape index (κ2) is 14.4. The van der Waals surface area contributed by atoms with Crippen LogP contribution in [-0.4, -0.2) is 106 Å². The molecule has 5 N–H and O–H groups in total. The zero-order valence-corrected chi connectivity index (χ0v) is 29.3. The van der Waals surface area contributed by atoms with Gasteiger partial charge in [0.15, 0.2) is 0 Å². The van der Waals surface area contributed by atoms with Gasteiger partial charge in [-0.15, -0.1) is 0 Å². The predicted molar refractivity (Wildman–Crippen MR) is 185 cm³/mol. The SMILES string of the molecule is Nc1c(Br)cc(C[C@@H](NC(=O)N2CCC(N3Cc4ccccc4NC3=O)CC2)C(=O)N2CCC(N3CCC[C@@H]3C(=O)O)CC2)cc1Br. The molecule has 2 aromatic rings. The number of hydrogen-bond acceptors (Lipinski definition) is 6. The summed E-state index contributed by atoms with van der Waals surface area (Å²) in [6.07, 6.45) is 4.47. The lowest BCUT2D eigenvalue weighted by Gasteiger charge is -2.41. The molecule has 0 spiro atoms. The number of nitrogens with one attached hydrogen (secondary N) is 2. The molecular weight excluding hydrogens is 734 g/mol. The quantitative estimate of drug-likeness (QED) is 0.303. The lowest BCUT2D eigenvalue weighted by molar-refractivity contribution is -0.144. The number of benzene rings is 2. The third kappa shape index (κ3) is 7.39. The number of amides is 5. The average Bonchev–Trinajstić information content (AvgIpc) is 3.57. The fourth-order valence-corrected chi connectivity index (χ4v) is 8.74. The summed E-state index contributed by atoms with van der Waals surface area (Å²) in [6.45, 7) is 3.23. The fraction of sp³-hybridized carbons (Fsp3) is 0.515. The minimum Gasteiger partial charge on any atom is -0.480 e. The molecule has 0 aliphatic carbocycles. The van der Waals surface area contributed by atoms with E-state index in [1.807, 2.05) is 41.3 Å². The number of nitrogens with zero attached hydrogens (tertiary/aromatic N) is 4. The standard InChI is InChI=1S/C33H41Br2N7O5/c34-24-16-20(17-25(35)29(24)36)18-27(30(43)39-12-7-22(8-13-39)41-11-3-6-28(41)31(44)45)38-32(46)40-14-9-23(10-15-40)42-19-21-4-1-2-5-26(21)37-33(42)47/h1-2,4-5,16-17,22-23,27-28H,3,6-15,18-19,36H2,(H,37,47)(H,38,46)(H,44,45)/t27-,28-/m1/s1. The highest BCUT2D eigenvalue weighted by atomic mass is 79.9. The molecule has 0 aromatic heterocycles. The van der Waals surface area contributed by atoms with Crippen LogP contribution in [0, 0.1) is 0 Å². The Hall–Kier alpha value is -3.36. The number of carboxylic acid groups (broad SMARTS) is 1. The fourth-order valence-electron chi connectivity index (χ4n) is 7.46. The Balaban J connectivity index is 1.10. The van der Waals surface area contributed by atoms with Crippen LogP contribution in [0.2, 0.25) is 0 Å². The number of fused-ring (bicyclic) bond motifs is 1. The Labute approximate surface area is 291 Å². The Bertz CT molecular complexity index is 1500. The molecule has 5 amide bonds. The molecule has 14 heteroatoms. The molecule has 4 aliphatic rings. The van der Waals surface area contributed by atoms with Crippen molar-refractivity contribution in [3.05, 3.63) is 56.5 Å². The molecule has 2 aromatic carbocycles. The van der Waals surface area contributed by atoms with E-state index in [0.29, 0.717) is 79.5 Å². The van der Waals surface area contributed by atoms with Gasteiger partial charge in [0.1, 0.15) is 12.1 Å². The van der Waals surface area contributed by atoms with E-state index < -0.39 is 18.1 Å². The molecule has 0 radical (unpaired) electrons. The highest BCUT2D eigenvalue weighted by Crippen LogP contribution is 2.31. The molecule has 47 heavy (non-hydrogen) atoms. The number of piperidine rings is 2. The summed E-state index contributed by atoms with van der Waals surface area (Å²) in [7, 11) is 0. The number of carbonyl (C=O) groups is 4. The minimum atomic E-state index is -0.804. The van der Waals surface area contributed by atoms with E-state index in [2.05, 4.69) is 47.4 Å². The Morgan fingerprint density at radius 3 is 2.26 bits per heavy atom. The number of para-hydroxylation sites is 1. The van der Waals surface area contributed by atoms with E-state index in [1.54, 1.807) is 9.80 Å². The first-order chi connectivity index (χ1) is 22.6. The van der Waals surface area contributed by atoms with Gasteiger partial charge >= 0.3 is 18.0 Å². The van der Waals surface area contributed by atoms with E-state index in [4.69, 9.17) is 5.73 Å². The number of nitrogen functional groups attached to an aromatic ring is 1. The third-order valence-electron chi connectivity index (χ3n) is 10.1. The van der Waals surface area contributed by atoms with Crippen molar-refractivity contribution in [2.75, 3.05) is 43.8 Å². The zero-order chi connectivity index (χ0) is 33.2. The number of carboxylic acids is 1. The lowest BCUT2D eigenvalue weighted by atomic mass is 9.99. The van der Waals surface area contributed by atoms with Crippen molar-refractivity contribution in [2.45, 2.75) is 75.7 Å². The number of aliphatic carboxylic acids is 1. The molecule has 0 saturated carbocycles. The third-order valence-corrected chi connectivity index (χ3v) is 11.4. The van der Waals surface area contributed by atoms with Crippen LogP contribution in [0.15, 0.2) is 45.3 Å². The zero-order valence-electron chi connectivity index (χ0n) is 26.2. The molecule has 4 aliphatic heterocycles. The number of rotatable bonds is 7. The van der Waals surface area contributed by atoms with Crippen LogP contribution >= 0.6 is 31.9 Å². The van der Waals surface area contributed by atoms with Crippen LogP contribution in [0.25, 0.3) is 0 Å². The van der Waals surface area contributed by atoms with Crippen LogP contribution in [-0.2, 0) is 22.6 Å². The normalized spacial score (nSPS) is 21.7. The molecule has 12 nitrogen and oxygen atoms in total. The maximum absolute atomic E-state index is 14.0. The van der Waals surface area contributed by atoms with Gasteiger partial charge in [-0.3, -0.25) is 14.5 Å². The molecular formula is C33H41Br2N7O5. The highest BCUT2D eigenvalue weighted by Gasteiger charge is 2.39. The van der Waals surface area contributed by atoms with Crippen LogP contribution in [0.4, 0.5) is 21.0 Å². The summed E-state index contributed by atoms with van der Waals surface area (Å²) in [6, 6.07) is 9.96. The molecule has 0 bridgehead atoms. The van der Waals surface area contributed by atoms with Crippen molar-refractivity contribution in [1.82, 2.24) is 24.9 Å². The molecule has 252 valence electrons. The second-order valence-electron chi connectivity index (χ2n) is 12.9. The van der Waals surface area contributed by atoms with Gasteiger partial charge in [-0.1, -0.05) is 18.2 Å². The highest BCUT2D eigenvalue weighted by molar-refractivity contribution is 9.11. The molecule has 3 saturated heterocycles. The maximum Gasteiger partial charge on any atom is 0.322 e. The summed E-state index contributed by atoms with van der Waals surface area (Å²) in [5.41, 5.74) is 9.41. The van der Waals surface area contributed by atoms with E-state index in [9.17, 15) is 24.3 Å². The van der Waals surface area contributed by atoms with Crippen molar-refractivity contribution >= 4 is 67.2 Å². The average molecular weight is 776 g/mol. The van der Waals surface area contributed by atoms with Crippen molar-refractivity contribution in [2.24, 2.45) is 0 Å². The van der Waals surface area contributed by atoms with E-state index in [1.165, 1.54) is 0 Å². The first-order valence-corrected chi connectivity index (χ1v) is 17.9. The Morgan fingerprint density at radius 1 is 0.936 bits per heavy atom. The first kappa shape index (κ1) is 33.5. The number of carbonyl (C=O) groups excluding carboxylic acids is 3. The maximum atomic E-state index is 14.0. The number of anilines is 2. The smallest absolute Gasteiger partial charge is 0.322 e. The van der Waals surface area contributed by atoms with Crippen LogP contribution in [0.3, 0.4) is 0 Å². The number of hydrogen-bond donors (Lipinski definition) is 4. The largest absolute Gasteiger partial charge is 0.480 e. The van der Waals surface area contributed by atoms with E-state index >= 15 is 0 Å². The van der Waals surface area contributed by atoms with Gasteiger partial charge in [0.05, 0.1) is 5.69 Å². The van der Waals surface area contributed by atoms with Crippen molar-refractivity contribution in [3.63, 3.8) is 0 Å². The number of halogens is 2.